The van der Waals surface area contributed by atoms with Crippen molar-refractivity contribution in [1.29, 1.82) is 0 Å². The summed E-state index contributed by atoms with van der Waals surface area (Å²) < 4.78 is 5.68. The van der Waals surface area contributed by atoms with Gasteiger partial charge in [-0.3, -0.25) is 4.99 Å². The Labute approximate surface area is 169 Å². The van der Waals surface area contributed by atoms with Crippen LogP contribution in [0.4, 0.5) is 0 Å². The third kappa shape index (κ3) is 7.01. The zero-order valence-electron chi connectivity index (χ0n) is 15.9. The van der Waals surface area contributed by atoms with Crippen molar-refractivity contribution in [3.63, 3.8) is 0 Å². The molecule has 1 aromatic carbocycles. The molecule has 1 heterocycles. The molecule has 142 valence electrons. The third-order valence-electron chi connectivity index (χ3n) is 4.54. The molecule has 0 bridgehead atoms. The van der Waals surface area contributed by atoms with E-state index in [2.05, 4.69) is 40.4 Å². The van der Waals surface area contributed by atoms with E-state index in [9.17, 15) is 0 Å². The number of benzene rings is 1. The van der Waals surface area contributed by atoms with Crippen molar-refractivity contribution < 1.29 is 4.74 Å². The minimum atomic E-state index is 0. The molecule has 25 heavy (non-hydrogen) atoms. The van der Waals surface area contributed by atoms with E-state index in [0.717, 1.165) is 43.2 Å². The highest BCUT2D eigenvalue weighted by molar-refractivity contribution is 14.0. The van der Waals surface area contributed by atoms with Crippen LogP contribution in [0, 0.1) is 0 Å². The molecule has 0 atom stereocenters. The van der Waals surface area contributed by atoms with E-state index in [4.69, 9.17) is 4.74 Å². The van der Waals surface area contributed by atoms with Gasteiger partial charge >= 0.3 is 0 Å². The van der Waals surface area contributed by atoms with Gasteiger partial charge in [0.2, 0.25) is 0 Å². The average Bonchev–Trinajstić information content (AvgIpc) is 2.60. The number of piperidine rings is 1. The van der Waals surface area contributed by atoms with E-state index in [1.54, 1.807) is 0 Å². The topological polar surface area (TPSA) is 48.9 Å². The molecule has 0 amide bonds. The molecule has 5 nitrogen and oxygen atoms in total. The highest BCUT2D eigenvalue weighted by atomic mass is 127. The first kappa shape index (κ1) is 22.0. The van der Waals surface area contributed by atoms with Gasteiger partial charge in [0.15, 0.2) is 5.96 Å². The molecule has 1 aliphatic rings. The molecule has 0 saturated carbocycles. The molecular weight excluding hydrogens is 427 g/mol. The van der Waals surface area contributed by atoms with Crippen molar-refractivity contribution in [3.05, 3.63) is 29.8 Å². The Bertz CT molecular complexity index is 528. The summed E-state index contributed by atoms with van der Waals surface area (Å²) in [7, 11) is 1.83. The van der Waals surface area contributed by atoms with Crippen LogP contribution >= 0.6 is 24.0 Å². The van der Waals surface area contributed by atoms with Crippen LogP contribution in [0.25, 0.3) is 0 Å². The molecule has 0 aliphatic carbocycles. The zero-order chi connectivity index (χ0) is 17.4. The number of aliphatic imine (C=N–C) groups is 1. The maximum absolute atomic E-state index is 5.68. The van der Waals surface area contributed by atoms with Crippen molar-refractivity contribution in [1.82, 2.24) is 15.5 Å². The monoisotopic (exact) mass is 460 g/mol. The normalized spacial score (nSPS) is 16.4. The molecule has 0 radical (unpaired) electrons. The SMILES string of the molecule is CCOc1ccccc1CNC(=NC)NC1CCN(C(C)C)CC1.I. The number of rotatable bonds is 6. The van der Waals surface area contributed by atoms with Gasteiger partial charge in [-0.15, -0.1) is 24.0 Å². The fourth-order valence-corrected chi connectivity index (χ4v) is 3.07. The highest BCUT2D eigenvalue weighted by Crippen LogP contribution is 2.17. The first-order chi connectivity index (χ1) is 11.6. The molecule has 1 fully saturated rings. The Hall–Kier alpha value is -1.02. The summed E-state index contributed by atoms with van der Waals surface area (Å²) >= 11 is 0. The molecular formula is C19H33IN4O. The zero-order valence-corrected chi connectivity index (χ0v) is 18.2. The fourth-order valence-electron chi connectivity index (χ4n) is 3.07. The van der Waals surface area contributed by atoms with Crippen molar-refractivity contribution in [3.8, 4) is 5.75 Å². The lowest BCUT2D eigenvalue weighted by Crippen LogP contribution is -2.49. The van der Waals surface area contributed by atoms with Crippen molar-refractivity contribution in [2.75, 3.05) is 26.7 Å². The lowest BCUT2D eigenvalue weighted by Gasteiger charge is -2.35. The molecule has 1 saturated heterocycles. The summed E-state index contributed by atoms with van der Waals surface area (Å²) in [6.45, 7) is 10.2. The van der Waals surface area contributed by atoms with Crippen molar-refractivity contribution in [2.45, 2.75) is 52.2 Å². The number of hydrogen-bond acceptors (Lipinski definition) is 3. The van der Waals surface area contributed by atoms with Crippen molar-refractivity contribution >= 4 is 29.9 Å². The van der Waals surface area contributed by atoms with Crippen LogP contribution in [-0.2, 0) is 6.54 Å². The van der Waals surface area contributed by atoms with E-state index >= 15 is 0 Å². The van der Waals surface area contributed by atoms with E-state index in [-0.39, 0.29) is 24.0 Å². The van der Waals surface area contributed by atoms with Crippen molar-refractivity contribution in [2.24, 2.45) is 4.99 Å². The lowest BCUT2D eigenvalue weighted by molar-refractivity contribution is 0.167. The van der Waals surface area contributed by atoms with Crippen LogP contribution in [0.5, 0.6) is 5.75 Å². The van der Waals surface area contributed by atoms with E-state index in [1.807, 2.05) is 32.2 Å². The molecule has 0 unspecified atom stereocenters. The standard InChI is InChI=1S/C19H32N4O.HI/c1-5-24-18-9-7-6-8-16(18)14-21-19(20-4)22-17-10-12-23(13-11-17)15(2)3;/h6-9,15,17H,5,10-14H2,1-4H3,(H2,20,21,22);1H. The van der Waals surface area contributed by atoms with Gasteiger partial charge in [-0.2, -0.15) is 0 Å². The second-order valence-corrected chi connectivity index (χ2v) is 6.51. The number of nitrogens with one attached hydrogen (secondary N) is 2. The minimum absolute atomic E-state index is 0. The Morgan fingerprint density at radius 3 is 2.56 bits per heavy atom. The highest BCUT2D eigenvalue weighted by Gasteiger charge is 2.21. The Morgan fingerprint density at radius 1 is 1.28 bits per heavy atom. The Morgan fingerprint density at radius 2 is 1.96 bits per heavy atom. The molecule has 0 spiro atoms. The minimum Gasteiger partial charge on any atom is -0.494 e. The summed E-state index contributed by atoms with van der Waals surface area (Å²) in [6.07, 6.45) is 2.32. The van der Waals surface area contributed by atoms with Gasteiger partial charge in [-0.1, -0.05) is 18.2 Å². The lowest BCUT2D eigenvalue weighted by atomic mass is 10.0. The average molecular weight is 460 g/mol. The number of hydrogen-bond donors (Lipinski definition) is 2. The quantitative estimate of drug-likeness (QED) is 0.389. The molecule has 2 rings (SSSR count). The van der Waals surface area contributed by atoms with E-state index in [0.29, 0.717) is 25.2 Å². The van der Waals surface area contributed by atoms with Gasteiger partial charge < -0.3 is 20.3 Å². The Balaban J connectivity index is 0.00000312. The number of ether oxygens (including phenoxy) is 1. The smallest absolute Gasteiger partial charge is 0.191 e. The first-order valence-electron chi connectivity index (χ1n) is 9.06. The second-order valence-electron chi connectivity index (χ2n) is 6.51. The Kier molecular flexibility index (Phi) is 10.2. The van der Waals surface area contributed by atoms with Crippen LogP contribution in [0.3, 0.4) is 0 Å². The summed E-state index contributed by atoms with van der Waals surface area (Å²) in [6, 6.07) is 9.28. The van der Waals surface area contributed by atoms with E-state index < -0.39 is 0 Å². The van der Waals surface area contributed by atoms with Crippen LogP contribution < -0.4 is 15.4 Å². The van der Waals surface area contributed by atoms with E-state index in [1.165, 1.54) is 0 Å². The molecule has 2 N–H and O–H groups in total. The molecule has 6 heteroatoms. The van der Waals surface area contributed by atoms with Crippen LogP contribution in [0.15, 0.2) is 29.3 Å². The third-order valence-corrected chi connectivity index (χ3v) is 4.54. The number of para-hydroxylation sites is 1. The van der Waals surface area contributed by atoms with Gasteiger partial charge in [0.25, 0.3) is 0 Å². The summed E-state index contributed by atoms with van der Waals surface area (Å²) in [5.41, 5.74) is 1.15. The number of likely N-dealkylation sites (tertiary alicyclic amines) is 1. The van der Waals surface area contributed by atoms with Gasteiger partial charge in [-0.25, -0.2) is 0 Å². The largest absolute Gasteiger partial charge is 0.494 e. The van der Waals surface area contributed by atoms with Crippen LogP contribution in [0.1, 0.15) is 39.2 Å². The number of nitrogens with zero attached hydrogens (tertiary/aromatic N) is 2. The van der Waals surface area contributed by atoms with Gasteiger partial charge in [-0.05, 0) is 39.7 Å². The van der Waals surface area contributed by atoms with Gasteiger partial charge in [0.05, 0.1) is 6.61 Å². The maximum Gasteiger partial charge on any atom is 0.191 e. The van der Waals surface area contributed by atoms with Gasteiger partial charge in [0, 0.05) is 44.3 Å². The summed E-state index contributed by atoms with van der Waals surface area (Å²) in [5, 5.41) is 6.97. The predicted molar refractivity (Wildman–Crippen MR) is 116 cm³/mol. The molecule has 1 aliphatic heterocycles. The molecule has 0 aromatic heterocycles. The van der Waals surface area contributed by atoms with Crippen LogP contribution in [-0.4, -0.2) is 49.7 Å². The summed E-state index contributed by atoms with van der Waals surface area (Å²) in [5.74, 6) is 1.80. The number of guanidine groups is 1. The van der Waals surface area contributed by atoms with Crippen LogP contribution in [0.2, 0.25) is 0 Å². The second kappa shape index (κ2) is 11.6. The maximum atomic E-state index is 5.68. The first-order valence-corrected chi connectivity index (χ1v) is 9.06. The van der Waals surface area contributed by atoms with Gasteiger partial charge in [0.1, 0.15) is 5.75 Å². The molecule has 1 aromatic rings. The summed E-state index contributed by atoms with van der Waals surface area (Å²) in [4.78, 5) is 6.90. The predicted octanol–water partition coefficient (Wildman–Crippen LogP) is 3.24. The number of halogens is 1. The fraction of sp³-hybridized carbons (Fsp3) is 0.632.